The molecule has 5 heteroatoms. The van der Waals surface area contributed by atoms with Crippen molar-refractivity contribution in [3.63, 3.8) is 0 Å². The van der Waals surface area contributed by atoms with E-state index in [0.717, 1.165) is 12.2 Å². The van der Waals surface area contributed by atoms with Gasteiger partial charge in [-0.15, -0.1) is 0 Å². The van der Waals surface area contributed by atoms with E-state index in [4.69, 9.17) is 5.26 Å². The minimum absolute atomic E-state index is 0.0754. The van der Waals surface area contributed by atoms with E-state index in [0.29, 0.717) is 11.5 Å². The molecule has 0 amide bonds. The summed E-state index contributed by atoms with van der Waals surface area (Å²) in [5, 5.41) is 12.0. The molecule has 0 radical (unpaired) electrons. The van der Waals surface area contributed by atoms with Gasteiger partial charge < -0.3 is 10.3 Å². The van der Waals surface area contributed by atoms with Crippen LogP contribution in [0.4, 0.5) is 5.82 Å². The van der Waals surface area contributed by atoms with Gasteiger partial charge in [-0.1, -0.05) is 13.0 Å². The quantitative estimate of drug-likeness (QED) is 0.839. The first-order valence-electron chi connectivity index (χ1n) is 5.46. The Hall–Kier alpha value is -2.35. The zero-order valence-corrected chi connectivity index (χ0v) is 9.51. The Morgan fingerprint density at radius 3 is 3.06 bits per heavy atom. The first-order valence-corrected chi connectivity index (χ1v) is 5.46. The maximum Gasteiger partial charge on any atom is 0.142 e. The molecule has 2 rings (SSSR count). The van der Waals surface area contributed by atoms with E-state index in [-0.39, 0.29) is 6.04 Å². The monoisotopic (exact) mass is 227 g/mol. The summed E-state index contributed by atoms with van der Waals surface area (Å²) in [5.41, 5.74) is 0.407. The Morgan fingerprint density at radius 1 is 1.53 bits per heavy atom. The van der Waals surface area contributed by atoms with Gasteiger partial charge in [0.15, 0.2) is 0 Å². The number of imidazole rings is 1. The molecule has 0 bridgehead atoms. The molecule has 17 heavy (non-hydrogen) atoms. The first-order chi connectivity index (χ1) is 8.33. The molecule has 0 aliphatic rings. The summed E-state index contributed by atoms with van der Waals surface area (Å²) in [6.07, 6.45) is 4.39. The molecule has 0 saturated carbocycles. The van der Waals surface area contributed by atoms with E-state index in [9.17, 15) is 0 Å². The molecule has 1 atom stereocenters. The highest BCUT2D eigenvalue weighted by Gasteiger charge is 2.11. The number of aromatic amines is 1. The van der Waals surface area contributed by atoms with Gasteiger partial charge in [0, 0.05) is 12.4 Å². The summed E-state index contributed by atoms with van der Waals surface area (Å²) >= 11 is 0. The van der Waals surface area contributed by atoms with Gasteiger partial charge in [-0.05, 0) is 18.6 Å². The largest absolute Gasteiger partial charge is 0.360 e. The van der Waals surface area contributed by atoms with Gasteiger partial charge in [0.05, 0.1) is 6.04 Å². The van der Waals surface area contributed by atoms with E-state index in [1.807, 2.05) is 18.2 Å². The third-order valence-corrected chi connectivity index (χ3v) is 2.44. The maximum absolute atomic E-state index is 8.78. The minimum atomic E-state index is 0.0754. The number of hydrogen-bond acceptors (Lipinski definition) is 4. The summed E-state index contributed by atoms with van der Waals surface area (Å²) in [6.45, 7) is 2.06. The van der Waals surface area contributed by atoms with Gasteiger partial charge in [-0.2, -0.15) is 5.26 Å². The molecule has 2 aromatic rings. The van der Waals surface area contributed by atoms with Crippen LogP contribution >= 0.6 is 0 Å². The van der Waals surface area contributed by atoms with E-state index in [1.165, 1.54) is 0 Å². The molecular weight excluding hydrogens is 214 g/mol. The Bertz CT molecular complexity index is 512. The predicted octanol–water partition coefficient (Wildman–Crippen LogP) is 2.24. The molecule has 0 aromatic carbocycles. The highest BCUT2D eigenvalue weighted by molar-refractivity contribution is 5.39. The van der Waals surface area contributed by atoms with Gasteiger partial charge in [0.25, 0.3) is 0 Å². The summed E-state index contributed by atoms with van der Waals surface area (Å²) in [5.74, 6) is 1.56. The Balaban J connectivity index is 2.16. The molecule has 0 fully saturated rings. The summed E-state index contributed by atoms with van der Waals surface area (Å²) in [4.78, 5) is 11.5. The van der Waals surface area contributed by atoms with Crippen LogP contribution in [0.3, 0.4) is 0 Å². The van der Waals surface area contributed by atoms with Crippen LogP contribution in [0, 0.1) is 11.3 Å². The van der Waals surface area contributed by atoms with Crippen molar-refractivity contribution in [2.75, 3.05) is 5.32 Å². The summed E-state index contributed by atoms with van der Waals surface area (Å²) < 4.78 is 0. The molecule has 86 valence electrons. The number of pyridine rings is 1. The normalized spacial score (nSPS) is 11.8. The van der Waals surface area contributed by atoms with Crippen molar-refractivity contribution in [2.24, 2.45) is 0 Å². The second-order valence-corrected chi connectivity index (χ2v) is 3.60. The number of nitrogens with zero attached hydrogens (tertiary/aromatic N) is 3. The summed E-state index contributed by atoms with van der Waals surface area (Å²) in [6, 6.07) is 7.42. The lowest BCUT2D eigenvalue weighted by molar-refractivity contribution is 0.700. The topological polar surface area (TPSA) is 77.4 Å². The molecule has 1 unspecified atom stereocenters. The molecule has 0 saturated heterocycles. The Morgan fingerprint density at radius 2 is 2.41 bits per heavy atom. The van der Waals surface area contributed by atoms with Crippen LogP contribution in [0.2, 0.25) is 0 Å². The third kappa shape index (κ3) is 2.61. The zero-order chi connectivity index (χ0) is 12.1. The Labute approximate surface area is 99.5 Å². The molecule has 5 nitrogen and oxygen atoms in total. The summed E-state index contributed by atoms with van der Waals surface area (Å²) in [7, 11) is 0. The highest BCUT2D eigenvalue weighted by atomic mass is 15.1. The van der Waals surface area contributed by atoms with Crippen molar-refractivity contribution in [1.82, 2.24) is 15.0 Å². The van der Waals surface area contributed by atoms with E-state index >= 15 is 0 Å². The van der Waals surface area contributed by atoms with Crippen LogP contribution in [0.15, 0.2) is 30.6 Å². The van der Waals surface area contributed by atoms with Crippen molar-refractivity contribution >= 4 is 5.82 Å². The Kier molecular flexibility index (Phi) is 3.36. The van der Waals surface area contributed by atoms with Gasteiger partial charge in [0.1, 0.15) is 23.4 Å². The standard InChI is InChI=1S/C12H13N5/c1-2-10(12-14-6-7-15-12)17-11-5-3-4-9(8-13)16-11/h3-7,10H,2H2,1H3,(H,14,15)(H,16,17). The molecule has 2 heterocycles. The van der Waals surface area contributed by atoms with Crippen LogP contribution in [0.25, 0.3) is 0 Å². The average molecular weight is 227 g/mol. The maximum atomic E-state index is 8.78. The van der Waals surface area contributed by atoms with Gasteiger partial charge >= 0.3 is 0 Å². The number of hydrogen-bond donors (Lipinski definition) is 2. The number of aromatic nitrogens is 3. The van der Waals surface area contributed by atoms with Crippen molar-refractivity contribution in [3.8, 4) is 6.07 Å². The first kappa shape index (κ1) is 11.1. The number of H-pyrrole nitrogens is 1. The SMILES string of the molecule is CCC(Nc1cccc(C#N)n1)c1ncc[nH]1. The van der Waals surface area contributed by atoms with Crippen molar-refractivity contribution in [1.29, 1.82) is 5.26 Å². The molecule has 2 aromatic heterocycles. The smallest absolute Gasteiger partial charge is 0.142 e. The van der Waals surface area contributed by atoms with Crippen LogP contribution in [-0.2, 0) is 0 Å². The van der Waals surface area contributed by atoms with Crippen molar-refractivity contribution < 1.29 is 0 Å². The van der Waals surface area contributed by atoms with E-state index < -0.39 is 0 Å². The van der Waals surface area contributed by atoms with Gasteiger partial charge in [-0.25, -0.2) is 9.97 Å². The third-order valence-electron chi connectivity index (χ3n) is 2.44. The molecule has 0 aliphatic carbocycles. The minimum Gasteiger partial charge on any atom is -0.360 e. The number of nitriles is 1. The molecule has 2 N–H and O–H groups in total. The molecule has 0 spiro atoms. The van der Waals surface area contributed by atoms with Crippen LogP contribution in [0.5, 0.6) is 0 Å². The van der Waals surface area contributed by atoms with E-state index in [1.54, 1.807) is 18.5 Å². The van der Waals surface area contributed by atoms with Crippen molar-refractivity contribution in [3.05, 3.63) is 42.1 Å². The number of rotatable bonds is 4. The second-order valence-electron chi connectivity index (χ2n) is 3.60. The average Bonchev–Trinajstić information content (AvgIpc) is 2.90. The van der Waals surface area contributed by atoms with Gasteiger partial charge in [-0.3, -0.25) is 0 Å². The van der Waals surface area contributed by atoms with Gasteiger partial charge in [0.2, 0.25) is 0 Å². The van der Waals surface area contributed by atoms with Crippen molar-refractivity contribution in [2.45, 2.75) is 19.4 Å². The fraction of sp³-hybridized carbons (Fsp3) is 0.250. The lowest BCUT2D eigenvalue weighted by atomic mass is 10.2. The second kappa shape index (κ2) is 5.12. The lowest BCUT2D eigenvalue weighted by Crippen LogP contribution is -2.12. The van der Waals surface area contributed by atoms with E-state index in [2.05, 4.69) is 27.2 Å². The molecular formula is C12H13N5. The molecule has 0 aliphatic heterocycles. The number of anilines is 1. The predicted molar refractivity (Wildman–Crippen MR) is 64.2 cm³/mol. The van der Waals surface area contributed by atoms with Crippen LogP contribution in [-0.4, -0.2) is 15.0 Å². The lowest BCUT2D eigenvalue weighted by Gasteiger charge is -2.15. The van der Waals surface area contributed by atoms with Crippen LogP contribution < -0.4 is 5.32 Å². The fourth-order valence-corrected chi connectivity index (χ4v) is 1.59. The highest BCUT2D eigenvalue weighted by Crippen LogP contribution is 2.18. The zero-order valence-electron chi connectivity index (χ0n) is 9.51. The van der Waals surface area contributed by atoms with Crippen LogP contribution in [0.1, 0.15) is 30.9 Å². The number of nitrogens with one attached hydrogen (secondary N) is 2. The fourth-order valence-electron chi connectivity index (χ4n) is 1.59.